The predicted molar refractivity (Wildman–Crippen MR) is 79.6 cm³/mol. The van der Waals surface area contributed by atoms with Crippen LogP contribution in [0.25, 0.3) is 6.08 Å². The van der Waals surface area contributed by atoms with Gasteiger partial charge in [0.2, 0.25) is 0 Å². The molecule has 112 valence electrons. The molecule has 1 aromatic carbocycles. The number of carbonyl (C=O) groups is 1. The van der Waals surface area contributed by atoms with Crippen molar-refractivity contribution in [3.8, 4) is 17.6 Å². The highest BCUT2D eigenvalue weighted by atomic mass is 35.5. The van der Waals surface area contributed by atoms with Crippen molar-refractivity contribution in [2.75, 3.05) is 13.7 Å². The number of nitriles is 1. The number of rotatable bonds is 7. The Morgan fingerprint density at radius 2 is 2.24 bits per heavy atom. The van der Waals surface area contributed by atoms with Gasteiger partial charge in [0.15, 0.2) is 11.5 Å². The van der Waals surface area contributed by atoms with Crippen molar-refractivity contribution in [1.29, 1.82) is 5.26 Å². The van der Waals surface area contributed by atoms with Crippen LogP contribution in [0.15, 0.2) is 17.7 Å². The van der Waals surface area contributed by atoms with Crippen molar-refractivity contribution < 1.29 is 19.4 Å². The Labute approximate surface area is 128 Å². The topological polar surface area (TPSA) is 79.5 Å². The van der Waals surface area contributed by atoms with Crippen molar-refractivity contribution in [1.82, 2.24) is 0 Å². The number of hydrogen-bond donors (Lipinski definition) is 1. The highest BCUT2D eigenvalue weighted by Crippen LogP contribution is 2.37. The van der Waals surface area contributed by atoms with E-state index < -0.39 is 5.97 Å². The molecule has 0 amide bonds. The van der Waals surface area contributed by atoms with Gasteiger partial charge in [-0.3, -0.25) is 0 Å². The molecule has 0 unspecified atom stereocenters. The lowest BCUT2D eigenvalue weighted by atomic mass is 10.1. The number of aliphatic carboxylic acids is 1. The number of ether oxygens (including phenoxy) is 2. The van der Waals surface area contributed by atoms with Crippen molar-refractivity contribution >= 4 is 23.6 Å². The van der Waals surface area contributed by atoms with Gasteiger partial charge >= 0.3 is 5.97 Å². The molecule has 0 aromatic heterocycles. The van der Waals surface area contributed by atoms with Crippen LogP contribution in [0.4, 0.5) is 0 Å². The molecule has 0 aliphatic carbocycles. The molecule has 0 heterocycles. The van der Waals surface area contributed by atoms with E-state index in [4.69, 9.17) is 31.4 Å². The summed E-state index contributed by atoms with van der Waals surface area (Å²) < 4.78 is 10.8. The van der Waals surface area contributed by atoms with Gasteiger partial charge in [0, 0.05) is 0 Å². The number of hydrogen-bond acceptors (Lipinski definition) is 4. The normalized spacial score (nSPS) is 10.9. The van der Waals surface area contributed by atoms with Crippen LogP contribution in [-0.2, 0) is 4.79 Å². The molecule has 0 spiro atoms. The third-order valence-electron chi connectivity index (χ3n) is 2.66. The fraction of sp³-hybridized carbons (Fsp3) is 0.333. The Hall–Kier alpha value is -2.19. The number of carboxylic acids is 1. The highest BCUT2D eigenvalue weighted by molar-refractivity contribution is 6.32. The molecule has 0 aliphatic rings. The molecular formula is C15H16ClNO4. The second-order valence-electron chi connectivity index (χ2n) is 4.21. The lowest BCUT2D eigenvalue weighted by molar-refractivity contribution is -0.132. The van der Waals surface area contributed by atoms with E-state index in [1.165, 1.54) is 19.3 Å². The first-order valence-corrected chi connectivity index (χ1v) is 6.76. The zero-order chi connectivity index (χ0) is 15.8. The average molecular weight is 310 g/mol. The summed E-state index contributed by atoms with van der Waals surface area (Å²) in [4.78, 5) is 10.8. The quantitative estimate of drug-likeness (QED) is 0.473. The molecule has 0 fully saturated rings. The Kier molecular flexibility index (Phi) is 6.57. The maximum absolute atomic E-state index is 10.8. The van der Waals surface area contributed by atoms with Crippen molar-refractivity contribution in [3.63, 3.8) is 0 Å². The number of nitrogens with zero attached hydrogens (tertiary/aromatic N) is 1. The minimum atomic E-state index is -1.30. The summed E-state index contributed by atoms with van der Waals surface area (Å²) in [6, 6.07) is 4.72. The molecule has 0 saturated carbocycles. The van der Waals surface area contributed by atoms with E-state index in [-0.39, 0.29) is 5.57 Å². The van der Waals surface area contributed by atoms with Gasteiger partial charge in [-0.2, -0.15) is 5.26 Å². The number of unbranched alkanes of at least 4 members (excludes halogenated alkanes) is 1. The van der Waals surface area contributed by atoms with Crippen LogP contribution in [0.2, 0.25) is 5.02 Å². The first-order chi connectivity index (χ1) is 10.0. The minimum Gasteiger partial charge on any atom is -0.493 e. The highest BCUT2D eigenvalue weighted by Gasteiger charge is 2.13. The molecule has 0 bridgehead atoms. The van der Waals surface area contributed by atoms with Crippen LogP contribution >= 0.6 is 11.6 Å². The van der Waals surface area contributed by atoms with Gasteiger partial charge in [0.25, 0.3) is 0 Å². The van der Waals surface area contributed by atoms with Crippen LogP contribution in [-0.4, -0.2) is 24.8 Å². The average Bonchev–Trinajstić information content (AvgIpc) is 2.46. The second kappa shape index (κ2) is 8.18. The monoisotopic (exact) mass is 309 g/mol. The van der Waals surface area contributed by atoms with E-state index in [0.29, 0.717) is 28.7 Å². The minimum absolute atomic E-state index is 0.305. The first-order valence-electron chi connectivity index (χ1n) is 6.38. The van der Waals surface area contributed by atoms with Gasteiger partial charge in [0.1, 0.15) is 11.6 Å². The van der Waals surface area contributed by atoms with Gasteiger partial charge in [0.05, 0.1) is 18.7 Å². The number of methoxy groups -OCH3 is 1. The molecular weight excluding hydrogens is 294 g/mol. The van der Waals surface area contributed by atoms with Crippen LogP contribution in [0.3, 0.4) is 0 Å². The standard InChI is InChI=1S/C15H16ClNO4/c1-3-4-5-21-14-12(16)7-10(8-13(14)20-2)6-11(9-17)15(18)19/h6-8H,3-5H2,1-2H3,(H,18,19). The third-order valence-corrected chi connectivity index (χ3v) is 2.94. The van der Waals surface area contributed by atoms with Crippen molar-refractivity contribution in [3.05, 3.63) is 28.3 Å². The van der Waals surface area contributed by atoms with E-state index in [2.05, 4.69) is 0 Å². The lowest BCUT2D eigenvalue weighted by Crippen LogP contribution is -2.01. The fourth-order valence-electron chi connectivity index (χ4n) is 1.59. The molecule has 5 nitrogen and oxygen atoms in total. The molecule has 1 rings (SSSR count). The molecule has 0 saturated heterocycles. The second-order valence-corrected chi connectivity index (χ2v) is 4.62. The van der Waals surface area contributed by atoms with Gasteiger partial charge in [-0.15, -0.1) is 0 Å². The Balaban J connectivity index is 3.15. The SMILES string of the molecule is CCCCOc1c(Cl)cc(C=C(C#N)C(=O)O)cc1OC. The Bertz CT molecular complexity index is 590. The summed E-state index contributed by atoms with van der Waals surface area (Å²) in [6.07, 6.45) is 3.11. The van der Waals surface area contributed by atoms with Crippen LogP contribution < -0.4 is 9.47 Å². The lowest BCUT2D eigenvalue weighted by Gasteiger charge is -2.13. The molecule has 0 atom stereocenters. The molecule has 1 N–H and O–H groups in total. The molecule has 0 radical (unpaired) electrons. The summed E-state index contributed by atoms with van der Waals surface area (Å²) in [7, 11) is 1.47. The molecule has 21 heavy (non-hydrogen) atoms. The van der Waals surface area contributed by atoms with Gasteiger partial charge in [-0.1, -0.05) is 24.9 Å². The summed E-state index contributed by atoms with van der Waals surface area (Å²) in [5.41, 5.74) is 0.0754. The molecule has 0 aliphatic heterocycles. The fourth-order valence-corrected chi connectivity index (χ4v) is 1.86. The summed E-state index contributed by atoms with van der Waals surface area (Å²) in [6.45, 7) is 2.56. The van der Waals surface area contributed by atoms with Crippen LogP contribution in [0, 0.1) is 11.3 Å². The summed E-state index contributed by atoms with van der Waals surface area (Å²) in [5, 5.41) is 17.9. The van der Waals surface area contributed by atoms with E-state index in [9.17, 15) is 4.79 Å². The van der Waals surface area contributed by atoms with E-state index >= 15 is 0 Å². The Morgan fingerprint density at radius 1 is 1.52 bits per heavy atom. The van der Waals surface area contributed by atoms with Gasteiger partial charge < -0.3 is 14.6 Å². The zero-order valence-corrected chi connectivity index (χ0v) is 12.6. The smallest absolute Gasteiger partial charge is 0.346 e. The largest absolute Gasteiger partial charge is 0.493 e. The Morgan fingerprint density at radius 3 is 2.76 bits per heavy atom. The maximum atomic E-state index is 10.8. The molecule has 1 aromatic rings. The number of carboxylic acid groups (broad SMARTS) is 1. The van der Waals surface area contributed by atoms with E-state index in [1.807, 2.05) is 6.92 Å². The number of benzene rings is 1. The summed E-state index contributed by atoms with van der Waals surface area (Å²) >= 11 is 6.13. The van der Waals surface area contributed by atoms with E-state index in [0.717, 1.165) is 12.8 Å². The van der Waals surface area contributed by atoms with Gasteiger partial charge in [-0.25, -0.2) is 4.79 Å². The van der Waals surface area contributed by atoms with Crippen molar-refractivity contribution in [2.45, 2.75) is 19.8 Å². The predicted octanol–water partition coefficient (Wildman–Crippen LogP) is 3.52. The first kappa shape index (κ1) is 16.9. The maximum Gasteiger partial charge on any atom is 0.346 e. The van der Waals surface area contributed by atoms with Gasteiger partial charge in [-0.05, 0) is 30.2 Å². The molecule has 6 heteroatoms. The summed E-state index contributed by atoms with van der Waals surface area (Å²) in [5.74, 6) is -0.484. The van der Waals surface area contributed by atoms with Crippen LogP contribution in [0.1, 0.15) is 25.3 Å². The van der Waals surface area contributed by atoms with E-state index in [1.54, 1.807) is 12.1 Å². The zero-order valence-electron chi connectivity index (χ0n) is 11.9. The van der Waals surface area contributed by atoms with Crippen molar-refractivity contribution in [2.24, 2.45) is 0 Å². The number of halogens is 1. The van der Waals surface area contributed by atoms with Crippen LogP contribution in [0.5, 0.6) is 11.5 Å². The third kappa shape index (κ3) is 4.69.